The van der Waals surface area contributed by atoms with Gasteiger partial charge in [0.2, 0.25) is 0 Å². The van der Waals surface area contributed by atoms with Crippen LogP contribution in [0.3, 0.4) is 0 Å². The predicted octanol–water partition coefficient (Wildman–Crippen LogP) is 1.49. The van der Waals surface area contributed by atoms with Gasteiger partial charge in [0.25, 0.3) is 0 Å². The van der Waals surface area contributed by atoms with E-state index in [2.05, 4.69) is 5.32 Å². The molecule has 0 saturated carbocycles. The maximum atomic E-state index is 10.7. The van der Waals surface area contributed by atoms with Crippen molar-refractivity contribution in [3.63, 3.8) is 0 Å². The summed E-state index contributed by atoms with van der Waals surface area (Å²) in [7, 11) is 0. The number of phenols is 1. The topological polar surface area (TPSA) is 52.5 Å². The van der Waals surface area contributed by atoms with Crippen LogP contribution in [0.5, 0.6) is 5.75 Å². The summed E-state index contributed by atoms with van der Waals surface area (Å²) in [4.78, 5) is 0. The molecule has 0 amide bonds. The molecule has 0 aromatic heterocycles. The highest BCUT2D eigenvalue weighted by atomic mass is 16.3. The molecular weight excluding hydrogens is 202 g/mol. The first-order valence-electron chi connectivity index (χ1n) is 5.94. The lowest BCUT2D eigenvalue weighted by molar-refractivity contribution is -0.0132. The van der Waals surface area contributed by atoms with E-state index < -0.39 is 5.60 Å². The first kappa shape index (κ1) is 10.1. The minimum Gasteiger partial charge on any atom is -0.508 e. The van der Waals surface area contributed by atoms with Gasteiger partial charge in [-0.2, -0.15) is 0 Å². The van der Waals surface area contributed by atoms with Crippen molar-refractivity contribution in [2.45, 2.75) is 43.4 Å². The lowest BCUT2D eigenvalue weighted by Crippen LogP contribution is -2.46. The van der Waals surface area contributed by atoms with Crippen LogP contribution in [0.15, 0.2) is 24.3 Å². The van der Waals surface area contributed by atoms with Gasteiger partial charge in [-0.15, -0.1) is 0 Å². The fraction of sp³-hybridized carbons (Fsp3) is 0.538. The number of phenolic OH excluding ortho intramolecular Hbond substituents is 1. The van der Waals surface area contributed by atoms with Gasteiger partial charge >= 0.3 is 0 Å². The molecule has 2 unspecified atom stereocenters. The minimum absolute atomic E-state index is 0.214. The third-order valence-electron chi connectivity index (χ3n) is 3.91. The summed E-state index contributed by atoms with van der Waals surface area (Å²) in [6, 6.07) is 7.96. The average molecular weight is 219 g/mol. The third kappa shape index (κ3) is 1.51. The van der Waals surface area contributed by atoms with E-state index in [0.29, 0.717) is 30.5 Å². The Kier molecular flexibility index (Phi) is 2.19. The molecule has 0 radical (unpaired) electrons. The van der Waals surface area contributed by atoms with Crippen LogP contribution in [-0.2, 0) is 5.60 Å². The molecule has 16 heavy (non-hydrogen) atoms. The summed E-state index contributed by atoms with van der Waals surface area (Å²) in [5.74, 6) is 0.214. The number of para-hydroxylation sites is 1. The number of hydrogen-bond acceptors (Lipinski definition) is 3. The molecule has 2 heterocycles. The highest BCUT2D eigenvalue weighted by molar-refractivity contribution is 5.37. The second kappa shape index (κ2) is 3.47. The molecule has 2 atom stereocenters. The van der Waals surface area contributed by atoms with Gasteiger partial charge in [-0.25, -0.2) is 0 Å². The monoisotopic (exact) mass is 219 g/mol. The zero-order valence-corrected chi connectivity index (χ0v) is 9.19. The van der Waals surface area contributed by atoms with E-state index in [-0.39, 0.29) is 5.75 Å². The third-order valence-corrected chi connectivity index (χ3v) is 3.91. The number of piperidine rings is 1. The molecule has 3 nitrogen and oxygen atoms in total. The summed E-state index contributed by atoms with van der Waals surface area (Å²) in [5.41, 5.74) is -0.156. The number of benzene rings is 1. The Morgan fingerprint density at radius 1 is 1.12 bits per heavy atom. The van der Waals surface area contributed by atoms with Crippen LogP contribution in [0.4, 0.5) is 0 Å². The molecule has 3 heteroatoms. The zero-order valence-electron chi connectivity index (χ0n) is 9.19. The summed E-state index contributed by atoms with van der Waals surface area (Å²) in [5, 5.41) is 24.0. The molecule has 0 aliphatic carbocycles. The second-order valence-electron chi connectivity index (χ2n) is 5.09. The molecule has 2 fully saturated rings. The maximum Gasteiger partial charge on any atom is 0.121 e. The van der Waals surface area contributed by atoms with E-state index in [0.717, 1.165) is 12.8 Å². The van der Waals surface area contributed by atoms with Gasteiger partial charge in [-0.3, -0.25) is 0 Å². The standard InChI is InChI=1S/C13H17NO2/c15-12-4-2-1-3-11(12)13(16)7-9-5-6-10(8-13)14-9/h1-4,9-10,14-16H,5-8H2. The van der Waals surface area contributed by atoms with Crippen LogP contribution in [0.25, 0.3) is 0 Å². The second-order valence-corrected chi connectivity index (χ2v) is 5.09. The van der Waals surface area contributed by atoms with Crippen molar-refractivity contribution >= 4 is 0 Å². The Morgan fingerprint density at radius 3 is 2.38 bits per heavy atom. The summed E-state index contributed by atoms with van der Waals surface area (Å²) in [6.07, 6.45) is 3.70. The van der Waals surface area contributed by atoms with Crippen molar-refractivity contribution in [2.75, 3.05) is 0 Å². The fourth-order valence-corrected chi connectivity index (χ4v) is 3.21. The van der Waals surface area contributed by atoms with Gasteiger partial charge in [0.15, 0.2) is 0 Å². The average Bonchev–Trinajstić information content (AvgIpc) is 2.59. The van der Waals surface area contributed by atoms with Crippen LogP contribution >= 0.6 is 0 Å². The van der Waals surface area contributed by atoms with E-state index in [1.165, 1.54) is 0 Å². The van der Waals surface area contributed by atoms with Crippen LogP contribution in [0, 0.1) is 0 Å². The smallest absolute Gasteiger partial charge is 0.121 e. The molecule has 2 aliphatic rings. The zero-order chi connectivity index (χ0) is 11.2. The van der Waals surface area contributed by atoms with Gasteiger partial charge in [0, 0.05) is 17.6 Å². The maximum absolute atomic E-state index is 10.7. The quantitative estimate of drug-likeness (QED) is 0.671. The molecular formula is C13H17NO2. The van der Waals surface area contributed by atoms with E-state index in [9.17, 15) is 10.2 Å². The molecule has 1 aromatic rings. The highest BCUT2D eigenvalue weighted by Gasteiger charge is 2.44. The van der Waals surface area contributed by atoms with Crippen molar-refractivity contribution in [3.8, 4) is 5.75 Å². The number of aromatic hydroxyl groups is 1. The van der Waals surface area contributed by atoms with Crippen molar-refractivity contribution in [3.05, 3.63) is 29.8 Å². The lowest BCUT2D eigenvalue weighted by Gasteiger charge is -2.37. The number of hydrogen-bond donors (Lipinski definition) is 3. The van der Waals surface area contributed by atoms with Crippen molar-refractivity contribution in [1.82, 2.24) is 5.32 Å². The number of aliphatic hydroxyl groups is 1. The summed E-state index contributed by atoms with van der Waals surface area (Å²) >= 11 is 0. The first-order valence-corrected chi connectivity index (χ1v) is 5.94. The molecule has 2 saturated heterocycles. The molecule has 3 N–H and O–H groups in total. The van der Waals surface area contributed by atoms with Crippen LogP contribution < -0.4 is 5.32 Å². The predicted molar refractivity (Wildman–Crippen MR) is 61.2 cm³/mol. The molecule has 1 aromatic carbocycles. The Bertz CT molecular complexity index is 393. The lowest BCUT2D eigenvalue weighted by atomic mass is 9.81. The molecule has 86 valence electrons. The largest absolute Gasteiger partial charge is 0.508 e. The molecule has 2 bridgehead atoms. The fourth-order valence-electron chi connectivity index (χ4n) is 3.21. The SMILES string of the molecule is Oc1ccccc1C1(O)CC2CCC(C1)N2. The first-order chi connectivity index (χ1) is 7.67. The molecule has 3 rings (SSSR count). The molecule has 2 aliphatic heterocycles. The number of fused-ring (bicyclic) bond motifs is 2. The minimum atomic E-state index is -0.845. The van der Waals surface area contributed by atoms with Crippen LogP contribution in [-0.4, -0.2) is 22.3 Å². The Hall–Kier alpha value is -1.06. The van der Waals surface area contributed by atoms with Crippen LogP contribution in [0.2, 0.25) is 0 Å². The normalized spacial score (nSPS) is 37.6. The van der Waals surface area contributed by atoms with Crippen molar-refractivity contribution in [2.24, 2.45) is 0 Å². The van der Waals surface area contributed by atoms with E-state index in [1.54, 1.807) is 12.1 Å². The van der Waals surface area contributed by atoms with Crippen molar-refractivity contribution < 1.29 is 10.2 Å². The number of rotatable bonds is 1. The van der Waals surface area contributed by atoms with E-state index in [1.807, 2.05) is 12.1 Å². The van der Waals surface area contributed by atoms with Gasteiger partial charge in [-0.1, -0.05) is 18.2 Å². The van der Waals surface area contributed by atoms with Crippen LogP contribution in [0.1, 0.15) is 31.2 Å². The summed E-state index contributed by atoms with van der Waals surface area (Å²) < 4.78 is 0. The summed E-state index contributed by atoms with van der Waals surface area (Å²) in [6.45, 7) is 0. The van der Waals surface area contributed by atoms with Crippen molar-refractivity contribution in [1.29, 1.82) is 0 Å². The Morgan fingerprint density at radius 2 is 1.75 bits per heavy atom. The van der Waals surface area contributed by atoms with Gasteiger partial charge in [0.05, 0.1) is 5.60 Å². The van der Waals surface area contributed by atoms with Gasteiger partial charge in [0.1, 0.15) is 5.75 Å². The molecule has 0 spiro atoms. The van der Waals surface area contributed by atoms with Gasteiger partial charge < -0.3 is 15.5 Å². The van der Waals surface area contributed by atoms with Gasteiger partial charge in [-0.05, 0) is 31.7 Å². The highest BCUT2D eigenvalue weighted by Crippen LogP contribution is 2.43. The van der Waals surface area contributed by atoms with E-state index in [4.69, 9.17) is 0 Å². The number of nitrogens with one attached hydrogen (secondary N) is 1. The van der Waals surface area contributed by atoms with E-state index >= 15 is 0 Å². The Balaban J connectivity index is 1.96. The Labute approximate surface area is 95.1 Å².